The maximum absolute atomic E-state index is 13.3. The van der Waals surface area contributed by atoms with Crippen molar-refractivity contribution in [2.24, 2.45) is 0 Å². The van der Waals surface area contributed by atoms with Crippen LogP contribution < -0.4 is 11.1 Å². The maximum Gasteiger partial charge on any atom is 0.262 e. The summed E-state index contributed by atoms with van der Waals surface area (Å²) in [6.07, 6.45) is 3.73. The molecule has 0 saturated heterocycles. The zero-order valence-electron chi connectivity index (χ0n) is 19.2. The second-order valence-corrected chi connectivity index (χ2v) is 11.1. The van der Waals surface area contributed by atoms with E-state index in [0.717, 1.165) is 22.3 Å². The molecule has 4 heterocycles. The van der Waals surface area contributed by atoms with E-state index in [2.05, 4.69) is 9.97 Å². The highest BCUT2D eigenvalue weighted by Crippen LogP contribution is 2.32. The van der Waals surface area contributed by atoms with Crippen LogP contribution in [0.4, 0.5) is 0 Å². The summed E-state index contributed by atoms with van der Waals surface area (Å²) in [7, 11) is 0. The molecule has 0 aliphatic rings. The molecule has 0 atom stereocenters. The maximum atomic E-state index is 13.3. The van der Waals surface area contributed by atoms with Crippen LogP contribution in [-0.4, -0.2) is 19.1 Å². The second kappa shape index (κ2) is 9.87. The normalized spacial score (nSPS) is 11.5. The number of aryl methyl sites for hydroxylation is 2. The van der Waals surface area contributed by atoms with Crippen LogP contribution in [0.15, 0.2) is 81.5 Å². The summed E-state index contributed by atoms with van der Waals surface area (Å²) in [5.74, 6) is 0. The van der Waals surface area contributed by atoms with E-state index in [1.54, 1.807) is 21.8 Å². The minimum Gasteiger partial charge on any atom is -0.299 e. The van der Waals surface area contributed by atoms with E-state index in [0.29, 0.717) is 50.0 Å². The number of aromatic nitrogens is 4. The lowest BCUT2D eigenvalue weighted by molar-refractivity contribution is 0.539. The van der Waals surface area contributed by atoms with Crippen molar-refractivity contribution in [2.45, 2.75) is 19.5 Å². The smallest absolute Gasteiger partial charge is 0.262 e. The molecule has 0 saturated carbocycles. The molecule has 0 unspecified atom stereocenters. The van der Waals surface area contributed by atoms with Crippen molar-refractivity contribution in [1.29, 1.82) is 0 Å². The highest BCUT2D eigenvalue weighted by Gasteiger charge is 2.15. The van der Waals surface area contributed by atoms with E-state index >= 15 is 0 Å². The van der Waals surface area contributed by atoms with Crippen molar-refractivity contribution < 1.29 is 0 Å². The zero-order chi connectivity index (χ0) is 25.5. The second-order valence-electron chi connectivity index (χ2n) is 8.51. The van der Waals surface area contributed by atoms with Gasteiger partial charge in [0, 0.05) is 45.0 Å². The molecule has 37 heavy (non-hydrogen) atoms. The molecule has 0 aliphatic heterocycles. The number of fused-ring (bicyclic) bond motifs is 2. The Morgan fingerprint density at radius 2 is 1.05 bits per heavy atom. The fourth-order valence-electron chi connectivity index (χ4n) is 4.35. The van der Waals surface area contributed by atoms with Crippen LogP contribution in [0.2, 0.25) is 10.0 Å². The van der Waals surface area contributed by atoms with Gasteiger partial charge < -0.3 is 0 Å². The summed E-state index contributed by atoms with van der Waals surface area (Å²) in [6.45, 7) is 0.853. The number of thiophene rings is 2. The van der Waals surface area contributed by atoms with Crippen LogP contribution in [0, 0.1) is 0 Å². The first-order valence-corrected chi connectivity index (χ1v) is 14.0. The van der Waals surface area contributed by atoms with Gasteiger partial charge in [0.2, 0.25) is 0 Å². The van der Waals surface area contributed by atoms with Crippen LogP contribution >= 0.6 is 45.9 Å². The summed E-state index contributed by atoms with van der Waals surface area (Å²) in [4.78, 5) is 37.1. The minimum atomic E-state index is -0.0972. The molecule has 0 N–H and O–H groups in total. The van der Waals surface area contributed by atoms with Crippen molar-refractivity contribution in [2.75, 3.05) is 0 Å². The van der Waals surface area contributed by atoms with Crippen molar-refractivity contribution in [1.82, 2.24) is 19.1 Å². The molecule has 0 amide bonds. The summed E-state index contributed by atoms with van der Waals surface area (Å²) >= 11 is 14.9. The van der Waals surface area contributed by atoms with E-state index in [1.165, 1.54) is 22.7 Å². The van der Waals surface area contributed by atoms with Gasteiger partial charge >= 0.3 is 0 Å². The monoisotopic (exact) mass is 564 g/mol. The standard InChI is InChI=1S/C27H18Cl2N4O2S2/c28-18-6-2-16(3-7-18)20-12-36-24-22(20)26(34)32(14-30-24)10-1-11-33-15-31-25-23(27(33)35)21(13-37-25)17-4-8-19(29)9-5-17/h2-9,12-15H,1,10-11H2. The fourth-order valence-corrected chi connectivity index (χ4v) is 6.41. The largest absolute Gasteiger partial charge is 0.299 e. The van der Waals surface area contributed by atoms with Gasteiger partial charge in [0.1, 0.15) is 9.66 Å². The fraction of sp³-hybridized carbons (Fsp3) is 0.111. The molecule has 6 nitrogen and oxygen atoms in total. The molecule has 6 rings (SSSR count). The molecule has 184 valence electrons. The van der Waals surface area contributed by atoms with Gasteiger partial charge in [0.05, 0.1) is 23.4 Å². The number of rotatable bonds is 6. The van der Waals surface area contributed by atoms with Crippen LogP contribution in [-0.2, 0) is 13.1 Å². The Morgan fingerprint density at radius 1 is 0.649 bits per heavy atom. The average Bonchev–Trinajstić information content (AvgIpc) is 3.53. The van der Waals surface area contributed by atoms with Gasteiger partial charge in [-0.05, 0) is 41.8 Å². The van der Waals surface area contributed by atoms with E-state index in [1.807, 2.05) is 59.3 Å². The predicted octanol–water partition coefficient (Wildman–Crippen LogP) is 6.96. The van der Waals surface area contributed by atoms with Crippen molar-refractivity contribution in [3.05, 3.63) is 103 Å². The van der Waals surface area contributed by atoms with Gasteiger partial charge in [-0.1, -0.05) is 47.5 Å². The first-order chi connectivity index (χ1) is 18.0. The molecule has 0 aliphatic carbocycles. The molecular formula is C27H18Cl2N4O2S2. The third kappa shape index (κ3) is 4.51. The van der Waals surface area contributed by atoms with Crippen LogP contribution in [0.1, 0.15) is 6.42 Å². The van der Waals surface area contributed by atoms with Gasteiger partial charge in [-0.3, -0.25) is 18.7 Å². The predicted molar refractivity (Wildman–Crippen MR) is 153 cm³/mol. The Kier molecular flexibility index (Phi) is 6.42. The van der Waals surface area contributed by atoms with Gasteiger partial charge in [0.15, 0.2) is 0 Å². The number of halogens is 2. The lowest BCUT2D eigenvalue weighted by atomic mass is 10.1. The number of nitrogens with zero attached hydrogens (tertiary/aromatic N) is 4. The van der Waals surface area contributed by atoms with E-state index < -0.39 is 0 Å². The first kappa shape index (κ1) is 24.1. The van der Waals surface area contributed by atoms with Gasteiger partial charge in [-0.2, -0.15) is 0 Å². The summed E-state index contributed by atoms with van der Waals surface area (Å²) in [5.41, 5.74) is 3.35. The van der Waals surface area contributed by atoms with E-state index in [9.17, 15) is 9.59 Å². The molecular weight excluding hydrogens is 547 g/mol. The Balaban J connectivity index is 1.27. The van der Waals surface area contributed by atoms with Gasteiger partial charge in [0.25, 0.3) is 11.1 Å². The third-order valence-electron chi connectivity index (χ3n) is 6.23. The SMILES string of the molecule is O=c1c2c(-c3ccc(Cl)cc3)csc2ncn1CCCn1cnc2scc(-c3ccc(Cl)cc3)c2c1=O. The highest BCUT2D eigenvalue weighted by molar-refractivity contribution is 7.17. The molecule has 0 fully saturated rings. The Labute approximate surface area is 229 Å². The quantitative estimate of drug-likeness (QED) is 0.219. The summed E-state index contributed by atoms with van der Waals surface area (Å²) in [6, 6.07) is 14.8. The Hall–Kier alpha value is -3.30. The van der Waals surface area contributed by atoms with E-state index in [4.69, 9.17) is 23.2 Å². The van der Waals surface area contributed by atoms with Crippen LogP contribution in [0.25, 0.3) is 42.7 Å². The van der Waals surface area contributed by atoms with Crippen molar-refractivity contribution in [3.63, 3.8) is 0 Å². The average molecular weight is 566 g/mol. The van der Waals surface area contributed by atoms with Crippen molar-refractivity contribution in [3.8, 4) is 22.3 Å². The minimum absolute atomic E-state index is 0.0972. The van der Waals surface area contributed by atoms with Gasteiger partial charge in [-0.15, -0.1) is 22.7 Å². The first-order valence-electron chi connectivity index (χ1n) is 11.4. The molecule has 10 heteroatoms. The Bertz CT molecular complexity index is 1730. The molecule has 4 aromatic heterocycles. The van der Waals surface area contributed by atoms with Crippen LogP contribution in [0.5, 0.6) is 0 Å². The van der Waals surface area contributed by atoms with Gasteiger partial charge in [-0.25, -0.2) is 9.97 Å². The summed E-state index contributed by atoms with van der Waals surface area (Å²) < 4.78 is 3.21. The third-order valence-corrected chi connectivity index (χ3v) is 8.51. The van der Waals surface area contributed by atoms with E-state index in [-0.39, 0.29) is 11.1 Å². The molecule has 6 aromatic rings. The highest BCUT2D eigenvalue weighted by atomic mass is 35.5. The summed E-state index contributed by atoms with van der Waals surface area (Å²) in [5, 5.41) is 6.38. The molecule has 0 bridgehead atoms. The number of hydrogen-bond acceptors (Lipinski definition) is 6. The molecule has 0 spiro atoms. The lowest BCUT2D eigenvalue weighted by Crippen LogP contribution is -2.24. The van der Waals surface area contributed by atoms with Crippen LogP contribution in [0.3, 0.4) is 0 Å². The number of benzene rings is 2. The molecule has 0 radical (unpaired) electrons. The molecule has 2 aromatic carbocycles. The van der Waals surface area contributed by atoms with Crippen molar-refractivity contribution >= 4 is 66.3 Å². The lowest BCUT2D eigenvalue weighted by Gasteiger charge is -2.09. The number of hydrogen-bond donors (Lipinski definition) is 0. The zero-order valence-corrected chi connectivity index (χ0v) is 22.4. The Morgan fingerprint density at radius 3 is 1.46 bits per heavy atom. The topological polar surface area (TPSA) is 69.8 Å².